The van der Waals surface area contributed by atoms with Crippen LogP contribution >= 0.6 is 0 Å². The zero-order chi connectivity index (χ0) is 33.4. The predicted molar refractivity (Wildman–Crippen MR) is 146 cm³/mol. The van der Waals surface area contributed by atoms with Crippen molar-refractivity contribution in [3.63, 3.8) is 0 Å². The van der Waals surface area contributed by atoms with Gasteiger partial charge in [-0.1, -0.05) is 24.3 Å². The number of Topliss-reactive ketones (excluding diaryl/α,β-unsaturated/α-hetero) is 1. The Morgan fingerprint density at radius 1 is 0.889 bits per heavy atom. The summed E-state index contributed by atoms with van der Waals surface area (Å²) in [6, 6.07) is 9.20. The third-order valence-electron chi connectivity index (χ3n) is 7.68. The van der Waals surface area contributed by atoms with Gasteiger partial charge < -0.3 is 10.2 Å². The highest BCUT2D eigenvalue weighted by molar-refractivity contribution is 7.92. The van der Waals surface area contributed by atoms with Crippen molar-refractivity contribution in [3.8, 4) is 0 Å². The molecule has 2 N–H and O–H groups in total. The fraction of sp³-hybridized carbons (Fsp3) is 0.367. The van der Waals surface area contributed by atoms with Crippen LogP contribution in [0.3, 0.4) is 0 Å². The highest BCUT2D eigenvalue weighted by Crippen LogP contribution is 2.51. The van der Waals surface area contributed by atoms with E-state index in [1.807, 2.05) is 0 Å². The number of alkyl halides is 6. The Labute approximate surface area is 253 Å². The van der Waals surface area contributed by atoms with Crippen molar-refractivity contribution < 1.29 is 58.5 Å². The summed E-state index contributed by atoms with van der Waals surface area (Å²) < 4.78 is 137. The normalized spacial score (nSPS) is 16.8. The molecule has 45 heavy (non-hydrogen) atoms. The molecule has 0 unspecified atom stereocenters. The van der Waals surface area contributed by atoms with Crippen molar-refractivity contribution >= 4 is 21.5 Å². The Morgan fingerprint density at radius 2 is 1.44 bits per heavy atom. The van der Waals surface area contributed by atoms with E-state index < -0.39 is 80.8 Å². The summed E-state index contributed by atoms with van der Waals surface area (Å²) in [6.07, 6.45) is -13.2. The summed E-state index contributed by atoms with van der Waals surface area (Å²) >= 11 is 0. The topological polar surface area (TPSA) is 94.9 Å². The van der Waals surface area contributed by atoms with Crippen molar-refractivity contribution in [3.05, 3.63) is 95.1 Å². The lowest BCUT2D eigenvalue weighted by Crippen LogP contribution is -2.54. The number of hydrogen-bond donors (Lipinski definition) is 2. The number of sulfonamides is 1. The Hall–Kier alpha value is -3.56. The number of anilines is 1. The molecule has 1 aliphatic heterocycles. The number of aliphatic hydroxyl groups is 2. The molecule has 0 aromatic heterocycles. The smallest absolute Gasteiger partial charge is 0.396 e. The van der Waals surface area contributed by atoms with E-state index in [0.717, 1.165) is 28.6 Å². The van der Waals surface area contributed by atoms with Crippen LogP contribution in [0.25, 0.3) is 0 Å². The van der Waals surface area contributed by atoms with Crippen molar-refractivity contribution in [2.75, 3.05) is 10.9 Å². The number of halogens is 8. The number of hydrogen-bond acceptors (Lipinski definition) is 5. The van der Waals surface area contributed by atoms with Gasteiger partial charge in [-0.05, 0) is 78.8 Å². The SMILES string of the molecule is O=C(C[C@H](CO)Cc1ccc(F)cc1)C[C@@H]1CCc2cc(C(O)(C(F)(F)F)C(F)(F)F)ccc2N1S(=O)(=O)c1ccc(F)cc1. The summed E-state index contributed by atoms with van der Waals surface area (Å²) in [4.78, 5) is 12.7. The van der Waals surface area contributed by atoms with E-state index in [1.54, 1.807) is 0 Å². The summed E-state index contributed by atoms with van der Waals surface area (Å²) in [5, 5.41) is 19.7. The van der Waals surface area contributed by atoms with Crippen LogP contribution in [-0.4, -0.2) is 49.4 Å². The Bertz CT molecular complexity index is 1610. The monoisotopic (exact) mass is 665 g/mol. The number of carbonyl (C=O) groups excluding carboxylic acids is 1. The molecule has 15 heteroatoms. The van der Waals surface area contributed by atoms with E-state index in [9.17, 15) is 58.5 Å². The number of ketones is 1. The van der Waals surface area contributed by atoms with Gasteiger partial charge in [0.25, 0.3) is 15.6 Å². The van der Waals surface area contributed by atoms with Crippen LogP contribution in [0.2, 0.25) is 0 Å². The molecule has 0 amide bonds. The molecule has 1 heterocycles. The molecule has 4 rings (SSSR count). The van der Waals surface area contributed by atoms with E-state index in [1.165, 1.54) is 24.3 Å². The van der Waals surface area contributed by atoms with Gasteiger partial charge in [0.15, 0.2) is 0 Å². The molecule has 244 valence electrons. The summed E-state index contributed by atoms with van der Waals surface area (Å²) in [7, 11) is -4.66. The first kappa shape index (κ1) is 34.3. The Balaban J connectivity index is 1.71. The fourth-order valence-corrected chi connectivity index (χ4v) is 7.12. The lowest BCUT2D eigenvalue weighted by atomic mass is 9.86. The molecule has 0 fully saturated rings. The first-order valence-corrected chi connectivity index (χ1v) is 15.0. The predicted octanol–water partition coefficient (Wildman–Crippen LogP) is 5.99. The van der Waals surface area contributed by atoms with Crippen LogP contribution in [0, 0.1) is 17.6 Å². The van der Waals surface area contributed by atoms with Crippen LogP contribution in [0.15, 0.2) is 71.6 Å². The zero-order valence-corrected chi connectivity index (χ0v) is 24.1. The number of carbonyl (C=O) groups is 1. The molecule has 0 saturated heterocycles. The molecule has 0 bridgehead atoms. The van der Waals surface area contributed by atoms with Gasteiger partial charge in [-0.2, -0.15) is 26.3 Å². The van der Waals surface area contributed by atoms with E-state index in [0.29, 0.717) is 23.8 Å². The highest BCUT2D eigenvalue weighted by atomic mass is 32.2. The second-order valence-corrected chi connectivity index (χ2v) is 12.6. The minimum Gasteiger partial charge on any atom is -0.396 e. The van der Waals surface area contributed by atoms with Gasteiger partial charge in [0.1, 0.15) is 17.4 Å². The molecular weight excluding hydrogens is 638 g/mol. The summed E-state index contributed by atoms with van der Waals surface area (Å²) in [5.41, 5.74) is -6.76. The van der Waals surface area contributed by atoms with Crippen molar-refractivity contribution in [2.24, 2.45) is 5.92 Å². The highest BCUT2D eigenvalue weighted by Gasteiger charge is 2.71. The number of fused-ring (bicyclic) bond motifs is 1. The van der Waals surface area contributed by atoms with Crippen LogP contribution in [-0.2, 0) is 33.3 Å². The largest absolute Gasteiger partial charge is 0.430 e. The summed E-state index contributed by atoms with van der Waals surface area (Å²) in [5.74, 6) is -2.38. The Morgan fingerprint density at radius 3 is 1.98 bits per heavy atom. The maximum atomic E-state index is 13.8. The molecule has 0 radical (unpaired) electrons. The average molecular weight is 666 g/mol. The second kappa shape index (κ2) is 12.7. The Kier molecular flexibility index (Phi) is 9.67. The molecule has 0 spiro atoms. The lowest BCUT2D eigenvalue weighted by Gasteiger charge is -2.39. The van der Waals surface area contributed by atoms with Gasteiger partial charge in [0.2, 0.25) is 0 Å². The minimum atomic E-state index is -6.17. The molecule has 0 saturated carbocycles. The van der Waals surface area contributed by atoms with Gasteiger partial charge in [-0.15, -0.1) is 0 Å². The number of aliphatic hydroxyl groups excluding tert-OH is 1. The maximum Gasteiger partial charge on any atom is 0.430 e. The number of rotatable bonds is 10. The van der Waals surface area contributed by atoms with Crippen LogP contribution in [0.1, 0.15) is 36.0 Å². The van der Waals surface area contributed by atoms with E-state index in [-0.39, 0.29) is 36.9 Å². The van der Waals surface area contributed by atoms with E-state index in [4.69, 9.17) is 0 Å². The lowest BCUT2D eigenvalue weighted by molar-refractivity contribution is -0.376. The van der Waals surface area contributed by atoms with Gasteiger partial charge >= 0.3 is 12.4 Å². The average Bonchev–Trinajstić information content (AvgIpc) is 2.96. The van der Waals surface area contributed by atoms with Crippen molar-refractivity contribution in [1.29, 1.82) is 0 Å². The minimum absolute atomic E-state index is 0.192. The number of nitrogens with zero attached hydrogens (tertiary/aromatic N) is 1. The maximum absolute atomic E-state index is 13.8. The van der Waals surface area contributed by atoms with Gasteiger partial charge in [-0.25, -0.2) is 17.2 Å². The quantitative estimate of drug-likeness (QED) is 0.260. The van der Waals surface area contributed by atoms with Crippen LogP contribution in [0.4, 0.5) is 40.8 Å². The second-order valence-electron chi connectivity index (χ2n) is 10.8. The first-order chi connectivity index (χ1) is 20.9. The number of benzene rings is 3. The molecule has 3 aromatic carbocycles. The van der Waals surface area contributed by atoms with Gasteiger partial charge in [-0.3, -0.25) is 9.10 Å². The third kappa shape index (κ3) is 6.99. The molecule has 0 aliphatic carbocycles. The van der Waals surface area contributed by atoms with E-state index in [2.05, 4.69) is 0 Å². The zero-order valence-electron chi connectivity index (χ0n) is 23.2. The molecule has 6 nitrogen and oxygen atoms in total. The number of aryl methyl sites for hydroxylation is 1. The van der Waals surface area contributed by atoms with Gasteiger partial charge in [0, 0.05) is 25.0 Å². The standard InChI is InChI=1S/C30H27F8NO5S/c31-22-5-1-18(2-6-22)13-19(17-40)14-25(41)16-24-9-3-20-15-21(28(42,29(33,34)35)30(36,37)38)4-12-27(20)39(24)45(43,44)26-10-7-23(32)8-11-26/h1-2,4-8,10-12,15,19,24,40,42H,3,9,13-14,16-17H2/t19-,24+/m1/s1. The van der Waals surface area contributed by atoms with Crippen LogP contribution < -0.4 is 4.31 Å². The summed E-state index contributed by atoms with van der Waals surface area (Å²) in [6.45, 7) is -0.432. The molecule has 2 atom stereocenters. The van der Waals surface area contributed by atoms with Gasteiger partial charge in [0.05, 0.1) is 16.6 Å². The van der Waals surface area contributed by atoms with Crippen molar-refractivity contribution in [1.82, 2.24) is 0 Å². The van der Waals surface area contributed by atoms with Crippen molar-refractivity contribution in [2.45, 2.75) is 61.0 Å². The van der Waals surface area contributed by atoms with Crippen LogP contribution in [0.5, 0.6) is 0 Å². The first-order valence-electron chi connectivity index (χ1n) is 13.5. The third-order valence-corrected chi connectivity index (χ3v) is 9.56. The molecule has 1 aliphatic rings. The molecule has 3 aromatic rings. The van der Waals surface area contributed by atoms with E-state index >= 15 is 0 Å². The molecular formula is C30H27F8NO5S. The fourth-order valence-electron chi connectivity index (χ4n) is 5.40.